The number of benzene rings is 2. The first-order valence-corrected chi connectivity index (χ1v) is 8.48. The first kappa shape index (κ1) is 18.7. The molecule has 0 spiro atoms. The van der Waals surface area contributed by atoms with E-state index in [9.17, 15) is 9.18 Å². The van der Waals surface area contributed by atoms with Crippen LogP contribution < -0.4 is 10.1 Å². The highest BCUT2D eigenvalue weighted by Crippen LogP contribution is 2.20. The van der Waals surface area contributed by atoms with Crippen molar-refractivity contribution in [2.45, 2.75) is 12.6 Å². The average Bonchev–Trinajstić information content (AvgIpc) is 3.16. The van der Waals surface area contributed by atoms with Gasteiger partial charge >= 0.3 is 0 Å². The van der Waals surface area contributed by atoms with Crippen LogP contribution in [0.15, 0.2) is 71.1 Å². The van der Waals surface area contributed by atoms with Crippen molar-refractivity contribution in [3.8, 4) is 5.75 Å². The minimum absolute atomic E-state index is 0.0717. The number of amides is 1. The quantitative estimate of drug-likeness (QED) is 0.649. The summed E-state index contributed by atoms with van der Waals surface area (Å²) in [7, 11) is 1.55. The van der Waals surface area contributed by atoms with Crippen molar-refractivity contribution in [2.75, 3.05) is 13.7 Å². The number of carbonyl (C=O) groups excluding carboxylic acids is 1. The van der Waals surface area contributed by atoms with Crippen molar-refractivity contribution >= 4 is 5.91 Å². The van der Waals surface area contributed by atoms with Gasteiger partial charge in [-0.1, -0.05) is 42.5 Å². The van der Waals surface area contributed by atoms with Crippen molar-refractivity contribution in [3.63, 3.8) is 0 Å². The lowest BCUT2D eigenvalue weighted by Gasteiger charge is -2.19. The Balaban J connectivity index is 1.73. The molecule has 3 aromatic rings. The van der Waals surface area contributed by atoms with E-state index in [-0.39, 0.29) is 30.6 Å². The van der Waals surface area contributed by atoms with Gasteiger partial charge in [0, 0.05) is 7.11 Å². The van der Waals surface area contributed by atoms with Crippen LogP contribution in [0.3, 0.4) is 0 Å². The summed E-state index contributed by atoms with van der Waals surface area (Å²) in [5.74, 6) is 0.0256. The minimum atomic E-state index is -0.478. The Labute approximate surface area is 156 Å². The van der Waals surface area contributed by atoms with Crippen molar-refractivity contribution < 1.29 is 23.1 Å². The van der Waals surface area contributed by atoms with Gasteiger partial charge in [-0.25, -0.2) is 4.39 Å². The number of hydrogen-bond donors (Lipinski definition) is 1. The third-order valence-electron chi connectivity index (χ3n) is 3.92. The first-order valence-electron chi connectivity index (χ1n) is 8.48. The van der Waals surface area contributed by atoms with Gasteiger partial charge in [0.25, 0.3) is 5.91 Å². The van der Waals surface area contributed by atoms with Gasteiger partial charge in [0.1, 0.15) is 19.0 Å². The van der Waals surface area contributed by atoms with E-state index in [1.54, 1.807) is 37.4 Å². The van der Waals surface area contributed by atoms with Gasteiger partial charge in [0.15, 0.2) is 17.3 Å². The van der Waals surface area contributed by atoms with E-state index in [2.05, 4.69) is 5.32 Å². The molecule has 0 saturated heterocycles. The number of carbonyl (C=O) groups is 1. The van der Waals surface area contributed by atoms with Gasteiger partial charge in [-0.05, 0) is 29.8 Å². The Kier molecular flexibility index (Phi) is 6.22. The predicted octanol–water partition coefficient (Wildman–Crippen LogP) is 4.12. The topological polar surface area (TPSA) is 60.7 Å². The molecule has 0 aliphatic heterocycles. The van der Waals surface area contributed by atoms with Gasteiger partial charge in [-0.15, -0.1) is 0 Å². The van der Waals surface area contributed by atoms with E-state index in [1.165, 1.54) is 6.07 Å². The monoisotopic (exact) mass is 369 g/mol. The molecule has 1 N–H and O–H groups in total. The van der Waals surface area contributed by atoms with Crippen LogP contribution in [0.5, 0.6) is 5.75 Å². The Hall–Kier alpha value is -3.12. The minimum Gasteiger partial charge on any atom is -0.488 e. The molecule has 0 aliphatic rings. The molecule has 0 aliphatic carbocycles. The Morgan fingerprint density at radius 3 is 2.56 bits per heavy atom. The van der Waals surface area contributed by atoms with Crippen molar-refractivity contribution in [3.05, 3.63) is 89.6 Å². The fraction of sp³-hybridized carbons (Fsp3) is 0.190. The van der Waals surface area contributed by atoms with Crippen molar-refractivity contribution in [1.29, 1.82) is 0 Å². The van der Waals surface area contributed by atoms with Gasteiger partial charge in [0.05, 0.1) is 6.04 Å². The second-order valence-electron chi connectivity index (χ2n) is 5.88. The maximum atomic E-state index is 13.8. The second kappa shape index (κ2) is 9.00. The maximum absolute atomic E-state index is 13.8. The molecule has 6 heteroatoms. The molecule has 0 radical (unpaired) electrons. The predicted molar refractivity (Wildman–Crippen MR) is 98.0 cm³/mol. The molecule has 0 bridgehead atoms. The highest BCUT2D eigenvalue weighted by molar-refractivity contribution is 5.91. The molecule has 3 rings (SSSR count). The summed E-state index contributed by atoms with van der Waals surface area (Å²) in [4.78, 5) is 12.5. The third-order valence-corrected chi connectivity index (χ3v) is 3.92. The van der Waals surface area contributed by atoms with Crippen LogP contribution in [0.4, 0.5) is 4.39 Å². The van der Waals surface area contributed by atoms with Gasteiger partial charge in [0.2, 0.25) is 0 Å². The zero-order valence-corrected chi connectivity index (χ0v) is 14.9. The summed E-state index contributed by atoms with van der Waals surface area (Å²) < 4.78 is 29.9. The summed E-state index contributed by atoms with van der Waals surface area (Å²) in [5.41, 5.74) is 0.839. The molecule has 5 nitrogen and oxygen atoms in total. The van der Waals surface area contributed by atoms with E-state index in [0.717, 1.165) is 5.56 Å². The van der Waals surface area contributed by atoms with Gasteiger partial charge < -0.3 is 19.2 Å². The molecule has 0 fully saturated rings. The highest BCUT2D eigenvalue weighted by atomic mass is 19.1. The van der Waals surface area contributed by atoms with E-state index in [0.29, 0.717) is 5.76 Å². The van der Waals surface area contributed by atoms with Crippen molar-refractivity contribution in [1.82, 2.24) is 5.32 Å². The summed E-state index contributed by atoms with van der Waals surface area (Å²) in [6.45, 7) is 0.355. The number of ether oxygens (including phenoxy) is 2. The molecule has 140 valence electrons. The molecular weight excluding hydrogens is 349 g/mol. The number of halogens is 1. The number of hydrogen-bond acceptors (Lipinski definition) is 4. The lowest BCUT2D eigenvalue weighted by atomic mass is 10.1. The van der Waals surface area contributed by atoms with E-state index >= 15 is 0 Å². The highest BCUT2D eigenvalue weighted by Gasteiger charge is 2.19. The molecule has 1 aromatic heterocycles. The molecular formula is C21H20FNO4. The van der Waals surface area contributed by atoms with Crippen LogP contribution in [0.2, 0.25) is 0 Å². The molecule has 1 heterocycles. The van der Waals surface area contributed by atoms with Crippen LogP contribution in [0, 0.1) is 5.82 Å². The smallest absolute Gasteiger partial charge is 0.287 e. The number of nitrogens with one attached hydrogen (secondary N) is 1. The van der Waals surface area contributed by atoms with Gasteiger partial charge in [-0.3, -0.25) is 4.79 Å². The number of para-hydroxylation sites is 1. The zero-order valence-electron chi connectivity index (χ0n) is 14.9. The average molecular weight is 369 g/mol. The van der Waals surface area contributed by atoms with Crippen LogP contribution in [0.25, 0.3) is 0 Å². The summed E-state index contributed by atoms with van der Waals surface area (Å²) in [5, 5.41) is 2.87. The van der Waals surface area contributed by atoms with E-state index < -0.39 is 11.9 Å². The van der Waals surface area contributed by atoms with E-state index in [4.69, 9.17) is 13.9 Å². The standard InChI is InChI=1S/C21H20FNO4/c1-25-13-16-11-12-20(27-16)21(24)23-18(15-7-3-2-4-8-15)14-26-19-10-6-5-9-17(19)22/h2-12,18H,13-14H2,1H3,(H,23,24). The summed E-state index contributed by atoms with van der Waals surface area (Å²) in [6, 6.07) is 18.3. The Morgan fingerprint density at radius 1 is 1.07 bits per heavy atom. The molecule has 2 aromatic carbocycles. The van der Waals surface area contributed by atoms with Gasteiger partial charge in [-0.2, -0.15) is 0 Å². The zero-order chi connectivity index (χ0) is 19.1. The molecule has 0 saturated carbocycles. The lowest BCUT2D eigenvalue weighted by molar-refractivity contribution is 0.0884. The van der Waals surface area contributed by atoms with E-state index in [1.807, 2.05) is 30.3 Å². The largest absolute Gasteiger partial charge is 0.488 e. The Bertz CT molecular complexity index is 879. The number of methoxy groups -OCH3 is 1. The molecule has 1 atom stereocenters. The van der Waals surface area contributed by atoms with Crippen LogP contribution in [0.1, 0.15) is 27.9 Å². The molecule has 1 unspecified atom stereocenters. The molecule has 27 heavy (non-hydrogen) atoms. The number of rotatable bonds is 8. The Morgan fingerprint density at radius 2 is 1.81 bits per heavy atom. The number of furan rings is 1. The van der Waals surface area contributed by atoms with Crippen LogP contribution in [-0.2, 0) is 11.3 Å². The fourth-order valence-electron chi connectivity index (χ4n) is 2.59. The third kappa shape index (κ3) is 4.95. The van der Waals surface area contributed by atoms with Crippen molar-refractivity contribution in [2.24, 2.45) is 0 Å². The fourth-order valence-corrected chi connectivity index (χ4v) is 2.59. The van der Waals surface area contributed by atoms with Crippen LogP contribution >= 0.6 is 0 Å². The maximum Gasteiger partial charge on any atom is 0.287 e. The SMILES string of the molecule is COCc1ccc(C(=O)NC(COc2ccccc2F)c2ccccc2)o1. The summed E-state index contributed by atoms with van der Waals surface area (Å²) >= 11 is 0. The molecule has 1 amide bonds. The second-order valence-corrected chi connectivity index (χ2v) is 5.88. The normalized spacial score (nSPS) is 11.8. The first-order chi connectivity index (χ1) is 13.2. The lowest BCUT2D eigenvalue weighted by Crippen LogP contribution is -2.32. The summed E-state index contributed by atoms with van der Waals surface area (Å²) in [6.07, 6.45) is 0. The van der Waals surface area contributed by atoms with Crippen LogP contribution in [-0.4, -0.2) is 19.6 Å².